The number of thioether (sulfide) groups is 1. The summed E-state index contributed by atoms with van der Waals surface area (Å²) in [5.41, 5.74) is 0.818. The van der Waals surface area contributed by atoms with Crippen LogP contribution in [0.15, 0.2) is 46.5 Å². The molecule has 1 aliphatic rings. The number of ether oxygens (including phenoxy) is 1. The Balaban J connectivity index is 1.45. The number of rotatable bonds is 6. The van der Waals surface area contributed by atoms with Gasteiger partial charge >= 0.3 is 0 Å². The van der Waals surface area contributed by atoms with E-state index < -0.39 is 5.82 Å². The molecule has 33 heavy (non-hydrogen) atoms. The highest BCUT2D eigenvalue weighted by Crippen LogP contribution is 2.31. The molecule has 1 aliphatic heterocycles. The summed E-state index contributed by atoms with van der Waals surface area (Å²) in [5, 5.41) is 3.87. The Morgan fingerprint density at radius 3 is 3.06 bits per heavy atom. The van der Waals surface area contributed by atoms with E-state index in [1.165, 1.54) is 41.3 Å². The van der Waals surface area contributed by atoms with Gasteiger partial charge in [-0.15, -0.1) is 11.3 Å². The van der Waals surface area contributed by atoms with Crippen LogP contribution >= 0.6 is 34.7 Å². The number of benzene rings is 1. The molecule has 3 aromatic heterocycles. The van der Waals surface area contributed by atoms with Gasteiger partial charge in [-0.2, -0.15) is 0 Å². The van der Waals surface area contributed by atoms with Crippen LogP contribution in [0.2, 0.25) is 5.02 Å². The highest BCUT2D eigenvalue weighted by molar-refractivity contribution is 7.99. The van der Waals surface area contributed by atoms with Gasteiger partial charge in [-0.1, -0.05) is 23.4 Å². The number of hydrogen-bond acceptors (Lipinski definition) is 7. The van der Waals surface area contributed by atoms with E-state index in [-0.39, 0.29) is 28.3 Å². The first-order chi connectivity index (χ1) is 16.0. The maximum Gasteiger partial charge on any atom is 0.272 e. The van der Waals surface area contributed by atoms with Crippen LogP contribution in [-0.4, -0.2) is 38.9 Å². The number of hydrogen-bond donors (Lipinski definition) is 1. The number of carbonyl (C=O) groups is 1. The molecule has 4 heterocycles. The van der Waals surface area contributed by atoms with Crippen LogP contribution in [0, 0.1) is 5.82 Å². The minimum Gasteiger partial charge on any atom is -0.376 e. The monoisotopic (exact) mass is 504 g/mol. The largest absolute Gasteiger partial charge is 0.376 e. The number of pyridine rings is 1. The lowest BCUT2D eigenvalue weighted by Gasteiger charge is -2.15. The predicted octanol–water partition coefficient (Wildman–Crippen LogP) is 4.71. The average Bonchev–Trinajstić information content (AvgIpc) is 3.45. The zero-order chi connectivity index (χ0) is 22.9. The van der Waals surface area contributed by atoms with Crippen molar-refractivity contribution in [1.82, 2.24) is 14.5 Å². The first kappa shape index (κ1) is 22.3. The van der Waals surface area contributed by atoms with Gasteiger partial charge < -0.3 is 10.1 Å². The molecule has 1 N–H and O–H groups in total. The quantitative estimate of drug-likeness (QED) is 0.302. The standard InChI is InChI=1S/C22H18ClFN4O3S2/c23-15-9-12(5-6-16(15)24)26-17(29)11-32-22-27-18-14-4-1-7-25-20(14)33-19(18)21(30)28(22)10-13-3-2-8-31-13/h1,4-7,9,13H,2-3,8,10-11H2,(H,26,29). The zero-order valence-corrected chi connectivity index (χ0v) is 19.6. The molecule has 1 amide bonds. The molecule has 0 spiro atoms. The second-order valence-corrected chi connectivity index (χ2v) is 9.90. The fourth-order valence-electron chi connectivity index (χ4n) is 3.71. The van der Waals surface area contributed by atoms with E-state index in [0.29, 0.717) is 34.2 Å². The summed E-state index contributed by atoms with van der Waals surface area (Å²) in [4.78, 5) is 35.8. The van der Waals surface area contributed by atoms with Crippen molar-refractivity contribution in [1.29, 1.82) is 0 Å². The third-order valence-electron chi connectivity index (χ3n) is 5.26. The van der Waals surface area contributed by atoms with Gasteiger partial charge in [0.25, 0.3) is 5.56 Å². The van der Waals surface area contributed by atoms with Gasteiger partial charge in [0.1, 0.15) is 15.3 Å². The molecule has 0 aliphatic carbocycles. The summed E-state index contributed by atoms with van der Waals surface area (Å²) >= 11 is 8.27. The number of nitrogens with zero attached hydrogens (tertiary/aromatic N) is 3. The molecule has 7 nitrogen and oxygen atoms in total. The zero-order valence-electron chi connectivity index (χ0n) is 17.2. The van der Waals surface area contributed by atoms with Crippen molar-refractivity contribution < 1.29 is 13.9 Å². The van der Waals surface area contributed by atoms with Crippen molar-refractivity contribution in [3.05, 3.63) is 57.7 Å². The Hall–Kier alpha value is -2.53. The minimum absolute atomic E-state index is 0.0127. The Morgan fingerprint density at radius 2 is 2.27 bits per heavy atom. The van der Waals surface area contributed by atoms with Gasteiger partial charge in [0.05, 0.1) is 28.9 Å². The molecular weight excluding hydrogens is 487 g/mol. The lowest BCUT2D eigenvalue weighted by atomic mass is 10.2. The summed E-state index contributed by atoms with van der Waals surface area (Å²) < 4.78 is 21.2. The predicted molar refractivity (Wildman–Crippen MR) is 129 cm³/mol. The van der Waals surface area contributed by atoms with Gasteiger partial charge in [0.2, 0.25) is 5.91 Å². The van der Waals surface area contributed by atoms with Gasteiger partial charge in [0, 0.05) is 23.9 Å². The Morgan fingerprint density at radius 1 is 1.39 bits per heavy atom. The van der Waals surface area contributed by atoms with Crippen LogP contribution in [-0.2, 0) is 16.1 Å². The van der Waals surface area contributed by atoms with Crippen LogP contribution in [0.25, 0.3) is 20.4 Å². The van der Waals surface area contributed by atoms with E-state index in [4.69, 9.17) is 21.3 Å². The summed E-state index contributed by atoms with van der Waals surface area (Å²) in [7, 11) is 0. The van der Waals surface area contributed by atoms with Gasteiger partial charge in [0.15, 0.2) is 5.16 Å². The Kier molecular flexibility index (Phi) is 6.33. The highest BCUT2D eigenvalue weighted by Gasteiger charge is 2.22. The third kappa shape index (κ3) is 4.61. The number of anilines is 1. The maximum absolute atomic E-state index is 13.4. The van der Waals surface area contributed by atoms with Crippen molar-refractivity contribution >= 4 is 66.7 Å². The molecular formula is C22H18ClFN4O3S2. The fourth-order valence-corrected chi connectivity index (χ4v) is 5.72. The average molecular weight is 505 g/mol. The van der Waals surface area contributed by atoms with Crippen molar-refractivity contribution in [3.63, 3.8) is 0 Å². The lowest BCUT2D eigenvalue weighted by molar-refractivity contribution is -0.113. The SMILES string of the molecule is O=C(CSc1nc2c(sc3ncccc32)c(=O)n1CC1CCCO1)Nc1ccc(F)c(Cl)c1. The van der Waals surface area contributed by atoms with E-state index in [1.54, 1.807) is 10.8 Å². The molecule has 4 aromatic rings. The molecule has 0 bridgehead atoms. The van der Waals surface area contributed by atoms with Crippen LogP contribution in [0.4, 0.5) is 10.1 Å². The first-order valence-electron chi connectivity index (χ1n) is 10.3. The molecule has 1 unspecified atom stereocenters. The number of aromatic nitrogens is 3. The topological polar surface area (TPSA) is 86.1 Å². The molecule has 11 heteroatoms. The third-order valence-corrected chi connectivity index (χ3v) is 7.62. The number of thiophene rings is 1. The summed E-state index contributed by atoms with van der Waals surface area (Å²) in [6.07, 6.45) is 3.44. The molecule has 1 aromatic carbocycles. The molecule has 0 saturated carbocycles. The van der Waals surface area contributed by atoms with Crippen molar-refractivity contribution in [2.45, 2.75) is 30.6 Å². The molecule has 5 rings (SSSR count). The van der Waals surface area contributed by atoms with Gasteiger partial charge in [-0.3, -0.25) is 14.2 Å². The van der Waals surface area contributed by atoms with Gasteiger partial charge in [-0.05, 0) is 43.2 Å². The summed E-state index contributed by atoms with van der Waals surface area (Å²) in [6, 6.07) is 7.67. The first-order valence-corrected chi connectivity index (χ1v) is 12.4. The summed E-state index contributed by atoms with van der Waals surface area (Å²) in [5.74, 6) is -0.867. The van der Waals surface area contributed by atoms with Crippen LogP contribution < -0.4 is 10.9 Å². The summed E-state index contributed by atoms with van der Waals surface area (Å²) in [6.45, 7) is 1.05. The molecule has 1 atom stereocenters. The number of carbonyl (C=O) groups excluding carboxylic acids is 1. The van der Waals surface area contributed by atoms with E-state index in [2.05, 4.69) is 10.3 Å². The second-order valence-electron chi connectivity index (χ2n) is 7.55. The fraction of sp³-hybridized carbons (Fsp3) is 0.273. The number of amides is 1. The van der Waals surface area contributed by atoms with E-state index in [0.717, 1.165) is 23.1 Å². The van der Waals surface area contributed by atoms with Crippen molar-refractivity contribution in [2.75, 3.05) is 17.7 Å². The van der Waals surface area contributed by atoms with E-state index in [1.807, 2.05) is 12.1 Å². The van der Waals surface area contributed by atoms with E-state index in [9.17, 15) is 14.0 Å². The van der Waals surface area contributed by atoms with E-state index >= 15 is 0 Å². The molecule has 1 saturated heterocycles. The normalized spacial score (nSPS) is 16.0. The minimum atomic E-state index is -0.558. The number of nitrogens with one attached hydrogen (secondary N) is 1. The maximum atomic E-state index is 13.4. The van der Waals surface area contributed by atoms with Crippen LogP contribution in [0.3, 0.4) is 0 Å². The number of halogens is 2. The van der Waals surface area contributed by atoms with Crippen LogP contribution in [0.5, 0.6) is 0 Å². The Labute approximate surface area is 200 Å². The van der Waals surface area contributed by atoms with Crippen molar-refractivity contribution in [2.24, 2.45) is 0 Å². The molecule has 170 valence electrons. The number of fused-ring (bicyclic) bond motifs is 3. The van der Waals surface area contributed by atoms with Gasteiger partial charge in [-0.25, -0.2) is 14.4 Å². The smallest absolute Gasteiger partial charge is 0.272 e. The lowest BCUT2D eigenvalue weighted by Crippen LogP contribution is -2.28. The molecule has 1 fully saturated rings. The Bertz CT molecular complexity index is 1420. The molecule has 0 radical (unpaired) electrons. The van der Waals surface area contributed by atoms with Crippen LogP contribution in [0.1, 0.15) is 12.8 Å². The second kappa shape index (κ2) is 9.38. The highest BCUT2D eigenvalue weighted by atomic mass is 35.5. The van der Waals surface area contributed by atoms with Crippen molar-refractivity contribution in [3.8, 4) is 0 Å².